The van der Waals surface area contributed by atoms with Gasteiger partial charge in [0.15, 0.2) is 5.82 Å². The number of fused-ring (bicyclic) bond motifs is 1. The number of aromatic amines is 1. The van der Waals surface area contributed by atoms with Gasteiger partial charge in [-0.15, -0.1) is 0 Å². The molecule has 0 aliphatic carbocycles. The molecule has 0 radical (unpaired) electrons. The second kappa shape index (κ2) is 9.43. The molecule has 8 nitrogen and oxygen atoms in total. The highest BCUT2D eigenvalue weighted by Crippen LogP contribution is 2.29. The molecule has 1 aliphatic rings. The van der Waals surface area contributed by atoms with Crippen LogP contribution in [0.15, 0.2) is 77.7 Å². The molecule has 5 rings (SSSR count). The minimum absolute atomic E-state index is 0.210. The molecule has 0 bridgehead atoms. The molecular formula is C26H27N5O3. The van der Waals surface area contributed by atoms with Crippen LogP contribution in [-0.4, -0.2) is 43.7 Å². The van der Waals surface area contributed by atoms with Crippen LogP contribution in [0, 0.1) is 0 Å². The molecule has 8 heteroatoms. The van der Waals surface area contributed by atoms with Gasteiger partial charge < -0.3 is 19.9 Å². The molecule has 0 spiro atoms. The van der Waals surface area contributed by atoms with Crippen LogP contribution in [0.2, 0.25) is 0 Å². The van der Waals surface area contributed by atoms with Gasteiger partial charge in [0.25, 0.3) is 0 Å². The topological polar surface area (TPSA) is 94.5 Å². The Bertz CT molecular complexity index is 1290. The first-order valence-corrected chi connectivity index (χ1v) is 11.5. The van der Waals surface area contributed by atoms with Gasteiger partial charge in [-0.05, 0) is 30.0 Å². The van der Waals surface area contributed by atoms with Gasteiger partial charge in [0.05, 0.1) is 11.6 Å². The van der Waals surface area contributed by atoms with E-state index in [1.807, 2.05) is 42.5 Å². The molecule has 1 saturated heterocycles. The van der Waals surface area contributed by atoms with Crippen LogP contribution in [0.1, 0.15) is 30.0 Å². The lowest BCUT2D eigenvalue weighted by Gasteiger charge is -2.31. The van der Waals surface area contributed by atoms with Crippen molar-refractivity contribution in [1.29, 1.82) is 0 Å². The van der Waals surface area contributed by atoms with E-state index in [1.165, 1.54) is 4.90 Å². The number of carbonyl (C=O) groups is 1. The fourth-order valence-electron chi connectivity index (χ4n) is 4.79. The Morgan fingerprint density at radius 2 is 1.68 bits per heavy atom. The van der Waals surface area contributed by atoms with E-state index in [-0.39, 0.29) is 11.7 Å². The van der Waals surface area contributed by atoms with E-state index >= 15 is 0 Å². The minimum Gasteiger partial charge on any atom is -0.465 e. The second-order valence-electron chi connectivity index (χ2n) is 8.68. The summed E-state index contributed by atoms with van der Waals surface area (Å²) in [5, 5.41) is 9.45. The first-order chi connectivity index (χ1) is 16.6. The van der Waals surface area contributed by atoms with E-state index < -0.39 is 6.09 Å². The molecule has 2 aromatic carbocycles. The van der Waals surface area contributed by atoms with Crippen molar-refractivity contribution in [2.24, 2.45) is 0 Å². The van der Waals surface area contributed by atoms with Gasteiger partial charge in [-0.1, -0.05) is 60.7 Å². The highest BCUT2D eigenvalue weighted by atomic mass is 16.4. The first kappa shape index (κ1) is 21.8. The number of benzene rings is 2. The maximum atomic E-state index is 13.1. The van der Waals surface area contributed by atoms with Gasteiger partial charge >= 0.3 is 11.8 Å². The lowest BCUT2D eigenvalue weighted by Crippen LogP contribution is -2.41. The molecular weight excluding hydrogens is 430 g/mol. The Morgan fingerprint density at radius 3 is 2.29 bits per heavy atom. The number of likely N-dealkylation sites (tertiary alicyclic amines) is 1. The third-order valence-electron chi connectivity index (χ3n) is 6.38. The number of amides is 1. The number of anilines is 1. The van der Waals surface area contributed by atoms with Crippen LogP contribution in [0.25, 0.3) is 11.0 Å². The number of H-pyrrole nitrogens is 1. The zero-order chi connectivity index (χ0) is 23.5. The molecule has 34 heavy (non-hydrogen) atoms. The summed E-state index contributed by atoms with van der Waals surface area (Å²) in [5.74, 6) is 0.701. The lowest BCUT2D eigenvalue weighted by atomic mass is 10.1. The predicted octanol–water partition coefficient (Wildman–Crippen LogP) is 4.25. The number of nitrogens with one attached hydrogen (secondary N) is 1. The molecule has 1 aliphatic heterocycles. The number of carboxylic acid groups (broad SMARTS) is 1. The normalized spacial score (nSPS) is 16.0. The summed E-state index contributed by atoms with van der Waals surface area (Å²) in [7, 11) is 0. The molecule has 1 fully saturated rings. The fraction of sp³-hybridized carbons (Fsp3) is 0.269. The van der Waals surface area contributed by atoms with Crippen LogP contribution >= 0.6 is 0 Å². The summed E-state index contributed by atoms with van der Waals surface area (Å²) in [6.45, 7) is 2.06. The number of piperidine rings is 1. The Kier molecular flexibility index (Phi) is 6.03. The third-order valence-corrected chi connectivity index (χ3v) is 6.38. The molecule has 0 unspecified atom stereocenters. The summed E-state index contributed by atoms with van der Waals surface area (Å²) >= 11 is 0. The highest BCUT2D eigenvalue weighted by molar-refractivity contribution is 5.86. The van der Waals surface area contributed by atoms with Gasteiger partial charge in [0.1, 0.15) is 5.52 Å². The number of hydrogen-bond acceptors (Lipinski definition) is 4. The average molecular weight is 458 g/mol. The maximum Gasteiger partial charge on any atom is 0.407 e. The minimum atomic E-state index is -0.947. The van der Waals surface area contributed by atoms with E-state index in [0.29, 0.717) is 37.5 Å². The van der Waals surface area contributed by atoms with Gasteiger partial charge in [0.2, 0.25) is 0 Å². The molecule has 4 aromatic rings. The number of rotatable bonds is 6. The number of aromatic nitrogens is 3. The first-order valence-electron chi connectivity index (χ1n) is 11.5. The Labute approximate surface area is 197 Å². The molecule has 1 atom stereocenters. The van der Waals surface area contributed by atoms with E-state index in [9.17, 15) is 14.7 Å². The molecule has 2 aromatic heterocycles. The second-order valence-corrected chi connectivity index (χ2v) is 8.68. The van der Waals surface area contributed by atoms with Crippen LogP contribution in [0.3, 0.4) is 0 Å². The third kappa shape index (κ3) is 4.39. The van der Waals surface area contributed by atoms with Crippen molar-refractivity contribution in [3.8, 4) is 0 Å². The Morgan fingerprint density at radius 1 is 1.03 bits per heavy atom. The quantitative estimate of drug-likeness (QED) is 0.452. The van der Waals surface area contributed by atoms with Crippen LogP contribution in [0.4, 0.5) is 10.6 Å². The van der Waals surface area contributed by atoms with Crippen molar-refractivity contribution in [3.63, 3.8) is 0 Å². The van der Waals surface area contributed by atoms with Crippen molar-refractivity contribution in [1.82, 2.24) is 19.4 Å². The number of imidazole rings is 1. The smallest absolute Gasteiger partial charge is 0.407 e. The van der Waals surface area contributed by atoms with Crippen LogP contribution < -0.4 is 10.6 Å². The zero-order valence-electron chi connectivity index (χ0n) is 18.8. The van der Waals surface area contributed by atoms with E-state index in [4.69, 9.17) is 0 Å². The highest BCUT2D eigenvalue weighted by Gasteiger charge is 2.28. The zero-order valence-corrected chi connectivity index (χ0v) is 18.8. The average Bonchev–Trinajstić information content (AvgIpc) is 3.21. The Hall–Kier alpha value is -4.07. The monoisotopic (exact) mass is 457 g/mol. The van der Waals surface area contributed by atoms with Crippen molar-refractivity contribution >= 4 is 22.9 Å². The fourth-order valence-corrected chi connectivity index (χ4v) is 4.79. The number of pyridine rings is 1. The summed E-state index contributed by atoms with van der Waals surface area (Å²) < 4.78 is 1.71. The number of hydrogen-bond donors (Lipinski definition) is 2. The summed E-state index contributed by atoms with van der Waals surface area (Å²) in [6.07, 6.45) is 2.26. The van der Waals surface area contributed by atoms with Crippen molar-refractivity contribution in [2.45, 2.75) is 32.0 Å². The van der Waals surface area contributed by atoms with Crippen molar-refractivity contribution in [3.05, 3.63) is 94.5 Å². The van der Waals surface area contributed by atoms with Crippen LogP contribution in [0.5, 0.6) is 0 Å². The van der Waals surface area contributed by atoms with Gasteiger partial charge in [-0.3, -0.25) is 4.57 Å². The van der Waals surface area contributed by atoms with E-state index in [0.717, 1.165) is 29.5 Å². The lowest BCUT2D eigenvalue weighted by molar-refractivity contribution is 0.121. The standard InChI is InChI=1S/C26H27N5O3/c32-25-28-23-22(31(25)21-12-7-15-29(18-21)26(33)34)13-14-27-24(23)30(16-19-8-3-1-4-9-19)17-20-10-5-2-6-11-20/h1-6,8-11,13-14,21H,7,12,15-18H2,(H,28,32)(H,33,34)/t21-/m1/s1. The molecule has 3 heterocycles. The van der Waals surface area contributed by atoms with E-state index in [1.54, 1.807) is 10.8 Å². The summed E-state index contributed by atoms with van der Waals surface area (Å²) in [5.41, 5.74) is 3.47. The van der Waals surface area contributed by atoms with Crippen LogP contribution in [-0.2, 0) is 13.1 Å². The summed E-state index contributed by atoms with van der Waals surface area (Å²) in [4.78, 5) is 35.9. The molecule has 174 valence electrons. The Balaban J connectivity index is 1.56. The predicted molar refractivity (Wildman–Crippen MR) is 131 cm³/mol. The van der Waals surface area contributed by atoms with Gasteiger partial charge in [0, 0.05) is 32.4 Å². The van der Waals surface area contributed by atoms with Gasteiger partial charge in [-0.2, -0.15) is 0 Å². The molecule has 1 amide bonds. The SMILES string of the molecule is O=C(O)N1CCC[C@@H](n2c(=O)[nH]c3c(N(Cc4ccccc4)Cc4ccccc4)nccc32)C1. The molecule has 2 N–H and O–H groups in total. The summed E-state index contributed by atoms with van der Waals surface area (Å²) in [6, 6.07) is 22.0. The maximum absolute atomic E-state index is 13.1. The number of nitrogens with zero attached hydrogens (tertiary/aromatic N) is 4. The van der Waals surface area contributed by atoms with Crippen molar-refractivity contribution < 1.29 is 9.90 Å². The largest absolute Gasteiger partial charge is 0.465 e. The van der Waals surface area contributed by atoms with Gasteiger partial charge in [-0.25, -0.2) is 14.6 Å². The van der Waals surface area contributed by atoms with E-state index in [2.05, 4.69) is 39.1 Å². The molecule has 0 saturated carbocycles. The van der Waals surface area contributed by atoms with Crippen molar-refractivity contribution in [2.75, 3.05) is 18.0 Å².